The Hall–Kier alpha value is -0.860. The molecule has 0 bridgehead atoms. The molecule has 1 aromatic rings. The van der Waals surface area contributed by atoms with Crippen molar-refractivity contribution in [3.8, 4) is 0 Å². The maximum absolute atomic E-state index is 9.87. The monoisotopic (exact) mass is 194 g/mol. The van der Waals surface area contributed by atoms with E-state index in [0.717, 1.165) is 5.56 Å². The molecule has 2 heteroatoms. The van der Waals surface area contributed by atoms with Gasteiger partial charge in [-0.05, 0) is 11.0 Å². The highest BCUT2D eigenvalue weighted by atomic mass is 16.3. The minimum absolute atomic E-state index is 0.310. The van der Waals surface area contributed by atoms with Crippen molar-refractivity contribution in [2.24, 2.45) is 5.41 Å². The molecule has 14 heavy (non-hydrogen) atoms. The van der Waals surface area contributed by atoms with Crippen LogP contribution in [0.25, 0.3) is 0 Å². The lowest BCUT2D eigenvalue weighted by atomic mass is 9.84. The molecule has 0 aromatic heterocycles. The summed E-state index contributed by atoms with van der Waals surface area (Å²) in [6.45, 7) is 5.72. The summed E-state index contributed by atoms with van der Waals surface area (Å²) >= 11 is 0. The van der Waals surface area contributed by atoms with Gasteiger partial charge >= 0.3 is 0 Å². The van der Waals surface area contributed by atoms with Crippen LogP contribution in [0, 0.1) is 5.41 Å². The highest BCUT2D eigenvalue weighted by molar-refractivity contribution is 5.18. The zero-order chi connectivity index (χ0) is 10.8. The van der Waals surface area contributed by atoms with Crippen LogP contribution in [0.1, 0.15) is 32.4 Å². The summed E-state index contributed by atoms with van der Waals surface area (Å²) in [7, 11) is 0. The second kappa shape index (κ2) is 4.11. The van der Waals surface area contributed by atoms with E-state index in [4.69, 9.17) is 0 Å². The van der Waals surface area contributed by atoms with Crippen molar-refractivity contribution in [2.45, 2.75) is 33.0 Å². The Morgan fingerprint density at radius 2 is 1.50 bits per heavy atom. The van der Waals surface area contributed by atoms with Crippen molar-refractivity contribution in [3.05, 3.63) is 35.9 Å². The Labute approximate surface area is 85.2 Å². The van der Waals surface area contributed by atoms with Crippen molar-refractivity contribution in [1.29, 1.82) is 0 Å². The normalized spacial score (nSPS) is 16.4. The van der Waals surface area contributed by atoms with Gasteiger partial charge in [-0.3, -0.25) is 0 Å². The van der Waals surface area contributed by atoms with E-state index in [-0.39, 0.29) is 5.41 Å². The zero-order valence-corrected chi connectivity index (χ0v) is 8.94. The van der Waals surface area contributed by atoms with Crippen LogP contribution >= 0.6 is 0 Å². The highest BCUT2D eigenvalue weighted by Gasteiger charge is 2.29. The summed E-state index contributed by atoms with van der Waals surface area (Å²) < 4.78 is 0. The van der Waals surface area contributed by atoms with E-state index in [1.807, 2.05) is 51.1 Å². The van der Waals surface area contributed by atoms with E-state index < -0.39 is 12.2 Å². The quantitative estimate of drug-likeness (QED) is 0.757. The first-order chi connectivity index (χ1) is 6.43. The minimum atomic E-state index is -0.809. The lowest BCUT2D eigenvalue weighted by molar-refractivity contribution is -0.0458. The number of aliphatic hydroxyl groups is 2. The first kappa shape index (κ1) is 11.2. The fraction of sp³-hybridized carbons (Fsp3) is 0.500. The third-order valence-corrected chi connectivity index (χ3v) is 2.33. The van der Waals surface area contributed by atoms with Gasteiger partial charge in [0.05, 0.1) is 6.10 Å². The van der Waals surface area contributed by atoms with Gasteiger partial charge < -0.3 is 10.2 Å². The summed E-state index contributed by atoms with van der Waals surface area (Å²) in [6.07, 6.45) is -1.55. The van der Waals surface area contributed by atoms with E-state index in [1.165, 1.54) is 0 Å². The predicted molar refractivity (Wildman–Crippen MR) is 56.9 cm³/mol. The number of aliphatic hydroxyl groups excluding tert-OH is 2. The van der Waals surface area contributed by atoms with Crippen molar-refractivity contribution in [2.75, 3.05) is 0 Å². The van der Waals surface area contributed by atoms with Crippen molar-refractivity contribution in [1.82, 2.24) is 0 Å². The molecule has 0 spiro atoms. The van der Waals surface area contributed by atoms with Crippen LogP contribution in [0.2, 0.25) is 0 Å². The van der Waals surface area contributed by atoms with E-state index in [1.54, 1.807) is 0 Å². The SMILES string of the molecule is CC(C)(C)[C@H](O)[C@@H](O)c1ccccc1. The second-order valence-electron chi connectivity index (χ2n) is 4.67. The number of hydrogen-bond acceptors (Lipinski definition) is 2. The van der Waals surface area contributed by atoms with Crippen molar-refractivity contribution in [3.63, 3.8) is 0 Å². The molecule has 0 amide bonds. The predicted octanol–water partition coefficient (Wildman–Crippen LogP) is 2.13. The largest absolute Gasteiger partial charge is 0.390 e. The maximum Gasteiger partial charge on any atom is 0.105 e. The van der Waals surface area contributed by atoms with Gasteiger partial charge in [0.25, 0.3) is 0 Å². The van der Waals surface area contributed by atoms with Gasteiger partial charge in [0.1, 0.15) is 6.10 Å². The molecule has 0 heterocycles. The van der Waals surface area contributed by atoms with Crippen LogP contribution in [0.5, 0.6) is 0 Å². The first-order valence-corrected chi connectivity index (χ1v) is 4.84. The summed E-state index contributed by atoms with van der Waals surface area (Å²) in [5.41, 5.74) is 0.449. The van der Waals surface area contributed by atoms with E-state index in [9.17, 15) is 10.2 Å². The van der Waals surface area contributed by atoms with Gasteiger partial charge in [0.2, 0.25) is 0 Å². The molecule has 0 radical (unpaired) electrons. The number of benzene rings is 1. The third-order valence-electron chi connectivity index (χ3n) is 2.33. The van der Waals surface area contributed by atoms with Gasteiger partial charge in [-0.2, -0.15) is 0 Å². The van der Waals surface area contributed by atoms with Gasteiger partial charge in [-0.25, -0.2) is 0 Å². The Morgan fingerprint density at radius 1 is 1.00 bits per heavy atom. The van der Waals surface area contributed by atoms with Crippen LogP contribution < -0.4 is 0 Å². The molecule has 2 N–H and O–H groups in total. The van der Waals surface area contributed by atoms with Crippen LogP contribution in [-0.2, 0) is 0 Å². The fourth-order valence-corrected chi connectivity index (χ4v) is 1.31. The third kappa shape index (κ3) is 2.56. The summed E-state index contributed by atoms with van der Waals surface area (Å²) in [5, 5.41) is 19.7. The minimum Gasteiger partial charge on any atom is -0.390 e. The van der Waals surface area contributed by atoms with Gasteiger partial charge in [0, 0.05) is 0 Å². The van der Waals surface area contributed by atoms with E-state index in [2.05, 4.69) is 0 Å². The fourth-order valence-electron chi connectivity index (χ4n) is 1.31. The molecule has 0 aliphatic rings. The molecule has 1 rings (SSSR count). The maximum atomic E-state index is 9.87. The van der Waals surface area contributed by atoms with Crippen LogP contribution in [0.15, 0.2) is 30.3 Å². The molecule has 0 saturated heterocycles. The Morgan fingerprint density at radius 3 is 1.93 bits per heavy atom. The molecular formula is C12H18O2. The summed E-state index contributed by atoms with van der Waals surface area (Å²) in [5.74, 6) is 0. The lowest BCUT2D eigenvalue weighted by Crippen LogP contribution is -2.32. The first-order valence-electron chi connectivity index (χ1n) is 4.84. The average Bonchev–Trinajstić information content (AvgIpc) is 2.15. The second-order valence-corrected chi connectivity index (χ2v) is 4.67. The molecule has 1 aromatic carbocycles. The molecule has 0 aliphatic carbocycles. The van der Waals surface area contributed by atoms with E-state index >= 15 is 0 Å². The topological polar surface area (TPSA) is 40.5 Å². The highest BCUT2D eigenvalue weighted by Crippen LogP contribution is 2.29. The van der Waals surface area contributed by atoms with Crippen LogP contribution in [0.3, 0.4) is 0 Å². The molecule has 0 saturated carbocycles. The molecule has 78 valence electrons. The van der Waals surface area contributed by atoms with Crippen LogP contribution in [-0.4, -0.2) is 16.3 Å². The number of rotatable bonds is 2. The van der Waals surface area contributed by atoms with Gasteiger partial charge in [0.15, 0.2) is 0 Å². The van der Waals surface area contributed by atoms with Crippen LogP contribution in [0.4, 0.5) is 0 Å². The Bertz CT molecular complexity index is 274. The van der Waals surface area contributed by atoms with E-state index in [0.29, 0.717) is 0 Å². The lowest BCUT2D eigenvalue weighted by Gasteiger charge is -2.30. The molecule has 0 fully saturated rings. The summed E-state index contributed by atoms with van der Waals surface area (Å²) in [4.78, 5) is 0. The smallest absolute Gasteiger partial charge is 0.105 e. The molecule has 0 aliphatic heterocycles. The van der Waals surface area contributed by atoms with Gasteiger partial charge in [-0.15, -0.1) is 0 Å². The Kier molecular flexibility index (Phi) is 3.29. The molecular weight excluding hydrogens is 176 g/mol. The standard InChI is InChI=1S/C12H18O2/c1-12(2,3)11(14)10(13)9-7-5-4-6-8-9/h4-8,10-11,13-14H,1-3H3/t10-,11+/m0/s1. The average molecular weight is 194 g/mol. The van der Waals surface area contributed by atoms with Crippen molar-refractivity contribution < 1.29 is 10.2 Å². The summed E-state index contributed by atoms with van der Waals surface area (Å²) in [6, 6.07) is 9.24. The molecule has 2 nitrogen and oxygen atoms in total. The molecule has 0 unspecified atom stereocenters. The number of hydrogen-bond donors (Lipinski definition) is 2. The van der Waals surface area contributed by atoms with Crippen molar-refractivity contribution >= 4 is 0 Å². The van der Waals surface area contributed by atoms with Gasteiger partial charge in [-0.1, -0.05) is 51.1 Å². The zero-order valence-electron chi connectivity index (χ0n) is 8.94. The Balaban J connectivity index is 2.81. The molecule has 2 atom stereocenters.